The van der Waals surface area contributed by atoms with Crippen molar-refractivity contribution >= 4 is 29.3 Å². The van der Waals surface area contributed by atoms with E-state index in [1.165, 1.54) is 4.90 Å². The molecule has 0 aromatic carbocycles. The zero-order chi connectivity index (χ0) is 15.5. The van der Waals surface area contributed by atoms with Crippen LogP contribution >= 0.6 is 12.2 Å². The minimum atomic E-state index is -1.14. The summed E-state index contributed by atoms with van der Waals surface area (Å²) in [6.45, 7) is 5.36. The molecule has 1 rings (SSSR count). The number of carbonyl (C=O) groups is 1. The number of hydrogen-bond donors (Lipinski definition) is 2. The standard InChI is InChI=1S/C12H20N2O5S/c1-12(2,3)19-11(18)13-6-8(20)14-5-4-7(15)9(14)10(16)17/h7,9,15H,4-6H2,1-3H3,(H,13,18)(H,16,17)/p-1/t7-,9+/m1/s1. The van der Waals surface area contributed by atoms with Crippen LogP contribution in [0.3, 0.4) is 0 Å². The van der Waals surface area contributed by atoms with Crippen molar-refractivity contribution in [2.24, 2.45) is 4.99 Å². The lowest BCUT2D eigenvalue weighted by molar-refractivity contribution is -0.260. The van der Waals surface area contributed by atoms with Crippen molar-refractivity contribution in [3.8, 4) is 0 Å². The van der Waals surface area contributed by atoms with Crippen molar-refractivity contribution in [3.63, 3.8) is 0 Å². The van der Waals surface area contributed by atoms with Crippen LogP contribution < -0.4 is 5.11 Å². The normalized spacial score (nSPS) is 23.8. The van der Waals surface area contributed by atoms with Gasteiger partial charge in [0.05, 0.1) is 12.6 Å². The summed E-state index contributed by atoms with van der Waals surface area (Å²) in [6, 6.07) is -1.07. The third-order valence-electron chi connectivity index (χ3n) is 2.68. The zero-order valence-corrected chi connectivity index (χ0v) is 12.5. The minimum Gasteiger partial charge on any atom is -0.595 e. The number of thiocarbonyl (C=S) groups is 1. The molecule has 0 saturated carbocycles. The van der Waals surface area contributed by atoms with Crippen molar-refractivity contribution in [1.82, 2.24) is 4.90 Å². The molecule has 0 aliphatic carbocycles. The number of aliphatic hydroxyl groups excluding tert-OH is 1. The van der Waals surface area contributed by atoms with Gasteiger partial charge in [-0.2, -0.15) is 0 Å². The molecule has 0 aromatic rings. The molecule has 2 N–H and O–H groups in total. The predicted octanol–water partition coefficient (Wildman–Crippen LogP) is -0.635. The van der Waals surface area contributed by atoms with E-state index in [1.54, 1.807) is 20.8 Å². The second-order valence-corrected chi connectivity index (χ2v) is 5.99. The Kier molecular flexibility index (Phi) is 5.29. The lowest BCUT2D eigenvalue weighted by atomic mass is 10.2. The summed E-state index contributed by atoms with van der Waals surface area (Å²) in [7, 11) is 0. The van der Waals surface area contributed by atoms with Crippen LogP contribution in [0.5, 0.6) is 0 Å². The highest BCUT2D eigenvalue weighted by Crippen LogP contribution is 2.19. The Morgan fingerprint density at radius 3 is 2.65 bits per heavy atom. The fraction of sp³-hybridized carbons (Fsp3) is 0.750. The Morgan fingerprint density at radius 2 is 2.15 bits per heavy atom. The van der Waals surface area contributed by atoms with Crippen molar-refractivity contribution in [1.29, 1.82) is 0 Å². The molecule has 1 heterocycles. The molecule has 0 bridgehead atoms. The fourth-order valence-corrected chi connectivity index (χ4v) is 2.14. The highest BCUT2D eigenvalue weighted by molar-refractivity contribution is 7.80. The molecule has 2 atom stereocenters. The van der Waals surface area contributed by atoms with Crippen LogP contribution in [0.15, 0.2) is 4.99 Å². The van der Waals surface area contributed by atoms with Crippen molar-refractivity contribution in [2.75, 3.05) is 13.1 Å². The van der Waals surface area contributed by atoms with Gasteiger partial charge in [-0.3, -0.25) is 4.99 Å². The highest BCUT2D eigenvalue weighted by Gasteiger charge is 2.39. The first-order valence-electron chi connectivity index (χ1n) is 6.22. The summed E-state index contributed by atoms with van der Waals surface area (Å²) >= 11 is 5.07. The number of rotatable bonds is 3. The van der Waals surface area contributed by atoms with Crippen molar-refractivity contribution < 1.29 is 24.9 Å². The molecule has 0 radical (unpaired) electrons. The van der Waals surface area contributed by atoms with Gasteiger partial charge in [0.25, 0.3) is 0 Å². The number of carboxylic acids is 1. The molecule has 0 aromatic heterocycles. The molecular weight excluding hydrogens is 284 g/mol. The van der Waals surface area contributed by atoms with E-state index in [2.05, 4.69) is 4.99 Å². The number of likely N-dealkylation sites (tertiary alicyclic amines) is 1. The second-order valence-electron chi connectivity index (χ2n) is 5.52. The Bertz CT molecular complexity index is 419. The first-order chi connectivity index (χ1) is 9.11. The summed E-state index contributed by atoms with van der Waals surface area (Å²) in [5, 5.41) is 30.1. The Labute approximate surface area is 122 Å². The van der Waals surface area contributed by atoms with Gasteiger partial charge >= 0.3 is 5.97 Å². The van der Waals surface area contributed by atoms with E-state index in [0.717, 1.165) is 0 Å². The molecule has 7 nitrogen and oxygen atoms in total. The minimum absolute atomic E-state index is 0.124. The van der Waals surface area contributed by atoms with Gasteiger partial charge in [-0.25, -0.2) is 4.79 Å². The molecule has 1 saturated heterocycles. The molecule has 1 fully saturated rings. The van der Waals surface area contributed by atoms with Gasteiger partial charge in [-0.1, -0.05) is 33.0 Å². The highest BCUT2D eigenvalue weighted by atomic mass is 32.1. The number of nitrogens with zero attached hydrogens (tertiary/aromatic N) is 2. The van der Waals surface area contributed by atoms with E-state index >= 15 is 0 Å². The molecule has 20 heavy (non-hydrogen) atoms. The maximum Gasteiger partial charge on any atom is 0.329 e. The molecule has 1 aliphatic rings. The summed E-state index contributed by atoms with van der Waals surface area (Å²) in [6.07, 6.45) is -1.39. The molecule has 0 amide bonds. The van der Waals surface area contributed by atoms with Gasteiger partial charge in [0, 0.05) is 12.1 Å². The maximum atomic E-state index is 11.4. The summed E-state index contributed by atoms with van der Waals surface area (Å²) in [4.78, 5) is 16.3. The average molecular weight is 303 g/mol. The van der Waals surface area contributed by atoms with Gasteiger partial charge in [-0.15, -0.1) is 0 Å². The quantitative estimate of drug-likeness (QED) is 0.406. The summed E-state index contributed by atoms with van der Waals surface area (Å²) in [5.41, 5.74) is -0.643. The lowest BCUT2D eigenvalue weighted by Crippen LogP contribution is -2.45. The van der Waals surface area contributed by atoms with Gasteiger partial charge in [0.2, 0.25) is 0 Å². The van der Waals surface area contributed by atoms with Crippen LogP contribution in [0, 0.1) is 0 Å². The van der Waals surface area contributed by atoms with E-state index in [9.17, 15) is 15.0 Å². The van der Waals surface area contributed by atoms with Gasteiger partial charge in [0.15, 0.2) is 6.04 Å². The number of ether oxygens (including phenoxy) is 1. The summed E-state index contributed by atoms with van der Waals surface area (Å²) in [5.74, 6) is -1.14. The summed E-state index contributed by atoms with van der Waals surface area (Å²) < 4.78 is 5.00. The number of hydrogen-bond acceptors (Lipinski definition) is 6. The molecule has 0 spiro atoms. The lowest BCUT2D eigenvalue weighted by Gasteiger charge is -2.30. The van der Waals surface area contributed by atoms with E-state index in [0.29, 0.717) is 13.0 Å². The second kappa shape index (κ2) is 6.36. The van der Waals surface area contributed by atoms with E-state index in [4.69, 9.17) is 22.1 Å². The van der Waals surface area contributed by atoms with Crippen LogP contribution in [0.25, 0.3) is 0 Å². The van der Waals surface area contributed by atoms with E-state index in [-0.39, 0.29) is 11.5 Å². The van der Waals surface area contributed by atoms with Crippen LogP contribution in [0.4, 0.5) is 0 Å². The largest absolute Gasteiger partial charge is 0.595 e. The van der Waals surface area contributed by atoms with E-state index in [1.807, 2.05) is 0 Å². The van der Waals surface area contributed by atoms with Crippen LogP contribution in [-0.4, -0.2) is 63.0 Å². The molecule has 0 unspecified atom stereocenters. The fourth-order valence-electron chi connectivity index (χ4n) is 1.87. The number of aliphatic carboxylic acids is 1. The monoisotopic (exact) mass is 303 g/mol. The smallest absolute Gasteiger partial charge is 0.329 e. The van der Waals surface area contributed by atoms with E-state index < -0.39 is 29.8 Å². The third-order valence-corrected chi connectivity index (χ3v) is 3.04. The van der Waals surface area contributed by atoms with Crippen LogP contribution in [-0.2, 0) is 9.53 Å². The van der Waals surface area contributed by atoms with Crippen molar-refractivity contribution in [3.05, 3.63) is 0 Å². The van der Waals surface area contributed by atoms with Crippen LogP contribution in [0.2, 0.25) is 0 Å². The molecule has 8 heteroatoms. The Morgan fingerprint density at radius 1 is 1.55 bits per heavy atom. The Hall–Kier alpha value is -1.41. The predicted molar refractivity (Wildman–Crippen MR) is 74.5 cm³/mol. The van der Waals surface area contributed by atoms with Gasteiger partial charge < -0.3 is 25.0 Å². The average Bonchev–Trinajstić information content (AvgIpc) is 2.65. The maximum absolute atomic E-state index is 11.4. The topological polar surface area (TPSA) is 105 Å². The first-order valence-corrected chi connectivity index (χ1v) is 6.63. The van der Waals surface area contributed by atoms with Gasteiger partial charge in [-0.05, 0) is 6.42 Å². The zero-order valence-electron chi connectivity index (χ0n) is 11.7. The molecular formula is C12H19N2O5S-. The van der Waals surface area contributed by atoms with Crippen molar-refractivity contribution in [2.45, 2.75) is 44.9 Å². The van der Waals surface area contributed by atoms with Crippen LogP contribution in [0.1, 0.15) is 27.2 Å². The van der Waals surface area contributed by atoms with Gasteiger partial charge in [0.1, 0.15) is 11.1 Å². The number of carboxylic acid groups (broad SMARTS) is 1. The Balaban J connectivity index is 2.63. The SMILES string of the molecule is CC(C)(C)OC([O-])=NCC(=S)N1CC[C@@H](O)[C@H]1C(=O)O. The molecule has 1 aliphatic heterocycles. The third kappa shape index (κ3) is 4.61. The number of aliphatic imine (C=N–C) groups is 1. The molecule has 114 valence electrons. The number of aliphatic hydroxyl groups is 1. The first kappa shape index (κ1) is 16.6.